The van der Waals surface area contributed by atoms with Crippen molar-refractivity contribution in [2.24, 2.45) is 0 Å². The van der Waals surface area contributed by atoms with E-state index in [4.69, 9.17) is 10.5 Å². The van der Waals surface area contributed by atoms with Crippen molar-refractivity contribution in [1.29, 1.82) is 0 Å². The predicted molar refractivity (Wildman–Crippen MR) is 86.0 cm³/mol. The summed E-state index contributed by atoms with van der Waals surface area (Å²) in [5, 5.41) is 11.3. The Bertz CT molecular complexity index is 734. The van der Waals surface area contributed by atoms with Crippen molar-refractivity contribution < 1.29 is 4.74 Å². The average Bonchev–Trinajstić information content (AvgIpc) is 2.94. The highest BCUT2D eigenvalue weighted by atomic mass is 16.5. The van der Waals surface area contributed by atoms with Crippen molar-refractivity contribution in [3.8, 4) is 5.75 Å². The predicted octanol–water partition coefficient (Wildman–Crippen LogP) is 3.68. The van der Waals surface area contributed by atoms with Gasteiger partial charge in [0.05, 0.1) is 29.7 Å². The van der Waals surface area contributed by atoms with Gasteiger partial charge in [0, 0.05) is 11.1 Å². The number of nitrogens with zero attached hydrogens (tertiary/aromatic N) is 1. The Morgan fingerprint density at radius 3 is 2.81 bits per heavy atom. The second kappa shape index (κ2) is 5.75. The van der Waals surface area contributed by atoms with Crippen molar-refractivity contribution in [2.75, 3.05) is 17.7 Å². The zero-order valence-corrected chi connectivity index (χ0v) is 11.9. The Morgan fingerprint density at radius 2 is 2.05 bits per heavy atom. The number of aromatic amines is 1. The number of benzene rings is 2. The van der Waals surface area contributed by atoms with Crippen LogP contribution in [-0.4, -0.2) is 16.8 Å². The Balaban J connectivity index is 1.79. The number of rotatable bonds is 5. The summed E-state index contributed by atoms with van der Waals surface area (Å²) in [6, 6.07) is 11.7. The van der Waals surface area contributed by atoms with Gasteiger partial charge in [0.2, 0.25) is 0 Å². The molecule has 0 radical (unpaired) electrons. The topological polar surface area (TPSA) is 76.0 Å². The summed E-state index contributed by atoms with van der Waals surface area (Å²) in [5.74, 6) is 0.874. The molecular weight excluding hydrogens is 264 g/mol. The van der Waals surface area contributed by atoms with Crippen LogP contribution in [-0.2, 0) is 0 Å². The Kier molecular flexibility index (Phi) is 3.64. The standard InChI is InChI=1S/C16H18N4O/c1-2-7-21-13-5-3-12(4-6-13)19-16-9-15-11(8-14(16)17)10-18-20-15/h3-6,8-10,19H,2,7,17H2,1H3,(H,18,20). The molecule has 3 aromatic rings. The molecule has 1 aromatic heterocycles. The Labute approximate surface area is 123 Å². The number of H-pyrrole nitrogens is 1. The van der Waals surface area contributed by atoms with Crippen LogP contribution in [0.15, 0.2) is 42.6 Å². The zero-order chi connectivity index (χ0) is 14.7. The molecule has 21 heavy (non-hydrogen) atoms. The summed E-state index contributed by atoms with van der Waals surface area (Å²) in [7, 11) is 0. The van der Waals surface area contributed by atoms with E-state index in [1.165, 1.54) is 0 Å². The van der Waals surface area contributed by atoms with E-state index in [1.807, 2.05) is 36.4 Å². The smallest absolute Gasteiger partial charge is 0.119 e. The molecule has 0 unspecified atom stereocenters. The van der Waals surface area contributed by atoms with Gasteiger partial charge in [-0.15, -0.1) is 0 Å². The molecule has 1 heterocycles. The van der Waals surface area contributed by atoms with E-state index in [9.17, 15) is 0 Å². The van der Waals surface area contributed by atoms with Crippen LogP contribution in [0, 0.1) is 0 Å². The largest absolute Gasteiger partial charge is 0.494 e. The van der Waals surface area contributed by atoms with Gasteiger partial charge in [0.15, 0.2) is 0 Å². The van der Waals surface area contributed by atoms with Gasteiger partial charge in [-0.1, -0.05) is 6.92 Å². The first-order valence-corrected chi connectivity index (χ1v) is 6.99. The summed E-state index contributed by atoms with van der Waals surface area (Å²) < 4.78 is 5.57. The van der Waals surface area contributed by atoms with Gasteiger partial charge in [-0.05, 0) is 42.8 Å². The van der Waals surface area contributed by atoms with Crippen LogP contribution in [0.25, 0.3) is 10.9 Å². The van der Waals surface area contributed by atoms with Gasteiger partial charge < -0.3 is 15.8 Å². The molecule has 0 atom stereocenters. The fraction of sp³-hybridized carbons (Fsp3) is 0.188. The molecule has 2 aromatic carbocycles. The maximum atomic E-state index is 6.06. The molecule has 0 bridgehead atoms. The van der Waals surface area contributed by atoms with Gasteiger partial charge in [-0.3, -0.25) is 5.10 Å². The monoisotopic (exact) mass is 282 g/mol. The number of anilines is 3. The minimum absolute atomic E-state index is 0.690. The highest BCUT2D eigenvalue weighted by molar-refractivity contribution is 5.89. The summed E-state index contributed by atoms with van der Waals surface area (Å²) >= 11 is 0. The summed E-state index contributed by atoms with van der Waals surface area (Å²) in [5.41, 5.74) is 9.52. The Hall–Kier alpha value is -2.69. The lowest BCUT2D eigenvalue weighted by atomic mass is 10.2. The van der Waals surface area contributed by atoms with Gasteiger partial charge in [-0.2, -0.15) is 5.10 Å². The normalized spacial score (nSPS) is 10.7. The van der Waals surface area contributed by atoms with Crippen LogP contribution in [0.5, 0.6) is 5.75 Å². The van der Waals surface area contributed by atoms with Gasteiger partial charge in [-0.25, -0.2) is 0 Å². The van der Waals surface area contributed by atoms with Crippen molar-refractivity contribution in [2.45, 2.75) is 13.3 Å². The maximum Gasteiger partial charge on any atom is 0.119 e. The molecular formula is C16H18N4O. The molecule has 0 saturated carbocycles. The lowest BCUT2D eigenvalue weighted by Gasteiger charge is -2.10. The lowest BCUT2D eigenvalue weighted by molar-refractivity contribution is 0.317. The van der Waals surface area contributed by atoms with E-state index in [0.717, 1.165) is 41.1 Å². The van der Waals surface area contributed by atoms with E-state index < -0.39 is 0 Å². The van der Waals surface area contributed by atoms with Crippen LogP contribution in [0.2, 0.25) is 0 Å². The van der Waals surface area contributed by atoms with Crippen LogP contribution in [0.3, 0.4) is 0 Å². The molecule has 4 N–H and O–H groups in total. The molecule has 3 rings (SSSR count). The maximum absolute atomic E-state index is 6.06. The molecule has 0 aliphatic carbocycles. The SMILES string of the molecule is CCCOc1ccc(Nc2cc3[nH]ncc3cc2N)cc1. The summed E-state index contributed by atoms with van der Waals surface area (Å²) in [6.07, 6.45) is 2.76. The number of ether oxygens (including phenoxy) is 1. The van der Waals surface area contributed by atoms with Gasteiger partial charge >= 0.3 is 0 Å². The van der Waals surface area contributed by atoms with Gasteiger partial charge in [0.25, 0.3) is 0 Å². The van der Waals surface area contributed by atoms with Crippen LogP contribution in [0.1, 0.15) is 13.3 Å². The van der Waals surface area contributed by atoms with E-state index in [-0.39, 0.29) is 0 Å². The third kappa shape index (κ3) is 2.91. The second-order valence-electron chi connectivity index (χ2n) is 4.89. The van der Waals surface area contributed by atoms with Crippen molar-refractivity contribution >= 4 is 28.0 Å². The zero-order valence-electron chi connectivity index (χ0n) is 11.9. The quantitative estimate of drug-likeness (QED) is 0.624. The van der Waals surface area contributed by atoms with E-state index in [1.54, 1.807) is 6.20 Å². The number of nitrogen functional groups attached to an aromatic ring is 1. The number of nitrogens with two attached hydrogens (primary N) is 1. The number of hydrogen-bond donors (Lipinski definition) is 3. The lowest BCUT2D eigenvalue weighted by Crippen LogP contribution is -1.97. The highest BCUT2D eigenvalue weighted by Gasteiger charge is 2.04. The van der Waals surface area contributed by atoms with E-state index in [2.05, 4.69) is 22.4 Å². The number of fused-ring (bicyclic) bond motifs is 1. The first-order chi connectivity index (χ1) is 10.3. The van der Waals surface area contributed by atoms with E-state index >= 15 is 0 Å². The second-order valence-corrected chi connectivity index (χ2v) is 4.89. The van der Waals surface area contributed by atoms with Gasteiger partial charge in [0.1, 0.15) is 5.75 Å². The Morgan fingerprint density at radius 1 is 1.24 bits per heavy atom. The molecule has 108 valence electrons. The number of hydrogen-bond acceptors (Lipinski definition) is 4. The van der Waals surface area contributed by atoms with Crippen molar-refractivity contribution in [3.63, 3.8) is 0 Å². The first kappa shape index (κ1) is 13.3. The van der Waals surface area contributed by atoms with Crippen LogP contribution < -0.4 is 15.8 Å². The van der Waals surface area contributed by atoms with E-state index in [0.29, 0.717) is 5.69 Å². The molecule has 0 amide bonds. The van der Waals surface area contributed by atoms with Crippen LogP contribution in [0.4, 0.5) is 17.1 Å². The summed E-state index contributed by atoms with van der Waals surface area (Å²) in [4.78, 5) is 0. The molecule has 0 aliphatic heterocycles. The fourth-order valence-electron chi connectivity index (χ4n) is 2.13. The van der Waals surface area contributed by atoms with Crippen molar-refractivity contribution in [3.05, 3.63) is 42.6 Å². The molecule has 0 spiro atoms. The highest BCUT2D eigenvalue weighted by Crippen LogP contribution is 2.28. The third-order valence-electron chi connectivity index (χ3n) is 3.22. The first-order valence-electron chi connectivity index (χ1n) is 6.99. The molecule has 5 nitrogen and oxygen atoms in total. The molecule has 0 aliphatic rings. The summed E-state index contributed by atoms with van der Waals surface area (Å²) in [6.45, 7) is 2.82. The molecule has 0 fully saturated rings. The van der Waals surface area contributed by atoms with Crippen LogP contribution >= 0.6 is 0 Å². The molecule has 0 saturated heterocycles. The minimum Gasteiger partial charge on any atom is -0.494 e. The third-order valence-corrected chi connectivity index (χ3v) is 3.22. The number of nitrogens with one attached hydrogen (secondary N) is 2. The number of aromatic nitrogens is 2. The minimum atomic E-state index is 0.690. The average molecular weight is 282 g/mol. The fourth-order valence-corrected chi connectivity index (χ4v) is 2.13. The molecule has 5 heteroatoms. The van der Waals surface area contributed by atoms with Crippen molar-refractivity contribution in [1.82, 2.24) is 10.2 Å².